The minimum absolute atomic E-state index is 0.159. The summed E-state index contributed by atoms with van der Waals surface area (Å²) in [6, 6.07) is 0. The molecule has 0 bridgehead atoms. The van der Waals surface area contributed by atoms with Crippen molar-refractivity contribution in [2.75, 3.05) is 13.1 Å². The van der Waals surface area contributed by atoms with Gasteiger partial charge in [-0.1, -0.05) is 41.0 Å². The van der Waals surface area contributed by atoms with Crippen molar-refractivity contribution in [3.05, 3.63) is 0 Å². The van der Waals surface area contributed by atoms with Crippen LogP contribution in [0.3, 0.4) is 0 Å². The lowest BCUT2D eigenvalue weighted by atomic mass is 10.1. The van der Waals surface area contributed by atoms with Crippen molar-refractivity contribution >= 4 is 0 Å². The molecule has 2 atom stereocenters. The lowest BCUT2D eigenvalue weighted by molar-refractivity contribution is -0.158. The van der Waals surface area contributed by atoms with Gasteiger partial charge in [0.15, 0.2) is 0 Å². The van der Waals surface area contributed by atoms with Crippen molar-refractivity contribution in [3.63, 3.8) is 0 Å². The molecule has 0 aromatic carbocycles. The maximum absolute atomic E-state index is 6.28. The first kappa shape index (κ1) is 15.9. The number of hydrogen-bond donors (Lipinski definition) is 1. The molecule has 3 nitrogen and oxygen atoms in total. The van der Waals surface area contributed by atoms with E-state index in [4.69, 9.17) is 10.5 Å². The highest BCUT2D eigenvalue weighted by atomic mass is 16.5. The van der Waals surface area contributed by atoms with Gasteiger partial charge in [0.1, 0.15) is 12.0 Å². The zero-order valence-corrected chi connectivity index (χ0v) is 11.8. The minimum Gasteiger partial charge on any atom is -0.343 e. The van der Waals surface area contributed by atoms with Gasteiger partial charge in [0.2, 0.25) is 0 Å². The van der Waals surface area contributed by atoms with Gasteiger partial charge in [0.05, 0.1) is 0 Å². The molecule has 0 aromatic heterocycles. The lowest BCUT2D eigenvalue weighted by Gasteiger charge is -2.37. The SMILES string of the molecule is CCCC(N)(CC)OC(CC)N(CC)CC. The fourth-order valence-electron chi connectivity index (χ4n) is 2.06. The summed E-state index contributed by atoms with van der Waals surface area (Å²) < 4.78 is 6.12. The fraction of sp³-hybridized carbons (Fsp3) is 1.00. The molecule has 0 fully saturated rings. The normalized spacial score (nSPS) is 17.4. The quantitative estimate of drug-likeness (QED) is 0.619. The molecule has 0 heterocycles. The van der Waals surface area contributed by atoms with E-state index in [0.717, 1.165) is 38.8 Å². The molecule has 0 aromatic rings. The van der Waals surface area contributed by atoms with Crippen molar-refractivity contribution in [3.8, 4) is 0 Å². The van der Waals surface area contributed by atoms with E-state index in [1.807, 2.05) is 0 Å². The zero-order valence-electron chi connectivity index (χ0n) is 11.8. The highest BCUT2D eigenvalue weighted by Crippen LogP contribution is 2.21. The van der Waals surface area contributed by atoms with Crippen LogP contribution < -0.4 is 5.73 Å². The smallest absolute Gasteiger partial charge is 0.118 e. The van der Waals surface area contributed by atoms with E-state index in [2.05, 4.69) is 39.5 Å². The first-order chi connectivity index (χ1) is 7.56. The molecule has 2 unspecified atom stereocenters. The van der Waals surface area contributed by atoms with Crippen molar-refractivity contribution in [1.29, 1.82) is 0 Å². The Morgan fingerprint density at radius 2 is 1.69 bits per heavy atom. The summed E-state index contributed by atoms with van der Waals surface area (Å²) in [5.74, 6) is 0. The summed E-state index contributed by atoms with van der Waals surface area (Å²) in [5, 5.41) is 0. The minimum atomic E-state index is -0.446. The van der Waals surface area contributed by atoms with E-state index < -0.39 is 5.72 Å². The Morgan fingerprint density at radius 3 is 2.00 bits per heavy atom. The zero-order chi connectivity index (χ0) is 12.6. The molecule has 0 aliphatic carbocycles. The highest BCUT2D eigenvalue weighted by molar-refractivity contribution is 4.73. The van der Waals surface area contributed by atoms with Gasteiger partial charge in [-0.15, -0.1) is 0 Å². The number of nitrogens with zero attached hydrogens (tertiary/aromatic N) is 1. The molecule has 0 aliphatic heterocycles. The van der Waals surface area contributed by atoms with Crippen LogP contribution in [0.2, 0.25) is 0 Å². The molecule has 3 heteroatoms. The maximum Gasteiger partial charge on any atom is 0.118 e. The van der Waals surface area contributed by atoms with Crippen molar-refractivity contribution < 1.29 is 4.74 Å². The summed E-state index contributed by atoms with van der Waals surface area (Å²) in [6.45, 7) is 12.8. The molecule has 0 saturated carbocycles. The summed E-state index contributed by atoms with van der Waals surface area (Å²) >= 11 is 0. The number of nitrogens with two attached hydrogens (primary N) is 1. The first-order valence-electron chi connectivity index (χ1n) is 6.77. The highest BCUT2D eigenvalue weighted by Gasteiger charge is 2.28. The Bertz CT molecular complexity index is 171. The average Bonchev–Trinajstić information content (AvgIpc) is 2.29. The third kappa shape index (κ3) is 4.81. The molecule has 98 valence electrons. The van der Waals surface area contributed by atoms with Crippen LogP contribution in [-0.2, 0) is 4.74 Å². The van der Waals surface area contributed by atoms with Crippen molar-refractivity contribution in [1.82, 2.24) is 4.90 Å². The summed E-state index contributed by atoms with van der Waals surface area (Å²) in [6.07, 6.45) is 4.02. The molecule has 16 heavy (non-hydrogen) atoms. The summed E-state index contributed by atoms with van der Waals surface area (Å²) in [7, 11) is 0. The second-order valence-electron chi connectivity index (χ2n) is 4.37. The average molecular weight is 230 g/mol. The van der Waals surface area contributed by atoms with Crippen LogP contribution >= 0.6 is 0 Å². The Balaban J connectivity index is 4.48. The van der Waals surface area contributed by atoms with Gasteiger partial charge < -0.3 is 10.5 Å². The van der Waals surface area contributed by atoms with Gasteiger partial charge in [0, 0.05) is 0 Å². The topological polar surface area (TPSA) is 38.5 Å². The fourth-order valence-corrected chi connectivity index (χ4v) is 2.06. The predicted molar refractivity (Wildman–Crippen MR) is 70.2 cm³/mol. The molecule has 0 radical (unpaired) electrons. The molecular weight excluding hydrogens is 200 g/mol. The van der Waals surface area contributed by atoms with Gasteiger partial charge >= 0.3 is 0 Å². The van der Waals surface area contributed by atoms with Gasteiger partial charge in [-0.25, -0.2) is 0 Å². The summed E-state index contributed by atoms with van der Waals surface area (Å²) in [5.41, 5.74) is 5.84. The van der Waals surface area contributed by atoms with Crippen LogP contribution in [0.15, 0.2) is 0 Å². The Kier molecular flexibility index (Phi) is 7.98. The second-order valence-corrected chi connectivity index (χ2v) is 4.37. The number of ether oxygens (including phenoxy) is 1. The Labute approximate surface area is 101 Å². The molecule has 0 rings (SSSR count). The predicted octanol–water partition coefficient (Wildman–Crippen LogP) is 2.95. The monoisotopic (exact) mass is 230 g/mol. The van der Waals surface area contributed by atoms with Gasteiger partial charge in [0.25, 0.3) is 0 Å². The van der Waals surface area contributed by atoms with Crippen LogP contribution in [-0.4, -0.2) is 29.9 Å². The molecule has 0 saturated heterocycles. The first-order valence-corrected chi connectivity index (χ1v) is 6.77. The summed E-state index contributed by atoms with van der Waals surface area (Å²) in [4.78, 5) is 2.33. The molecule has 0 aliphatic rings. The van der Waals surface area contributed by atoms with Crippen LogP contribution in [0.5, 0.6) is 0 Å². The van der Waals surface area contributed by atoms with E-state index in [9.17, 15) is 0 Å². The van der Waals surface area contributed by atoms with Gasteiger partial charge in [-0.05, 0) is 32.4 Å². The number of rotatable bonds is 9. The standard InChI is InChI=1S/C13H30N2O/c1-6-11-13(14,8-3)16-12(7-2)15(9-4)10-5/h12H,6-11,14H2,1-5H3. The van der Waals surface area contributed by atoms with E-state index in [-0.39, 0.29) is 6.23 Å². The van der Waals surface area contributed by atoms with E-state index in [1.165, 1.54) is 0 Å². The Morgan fingerprint density at radius 1 is 1.12 bits per heavy atom. The van der Waals surface area contributed by atoms with Crippen LogP contribution in [0.25, 0.3) is 0 Å². The molecule has 0 amide bonds. The van der Waals surface area contributed by atoms with Gasteiger partial charge in [-0.3, -0.25) is 4.90 Å². The van der Waals surface area contributed by atoms with Crippen molar-refractivity contribution in [2.24, 2.45) is 5.73 Å². The largest absolute Gasteiger partial charge is 0.343 e. The number of hydrogen-bond acceptors (Lipinski definition) is 3. The second kappa shape index (κ2) is 8.04. The molecule has 0 spiro atoms. The third-order valence-corrected chi connectivity index (χ3v) is 3.21. The Hall–Kier alpha value is -0.120. The van der Waals surface area contributed by atoms with Crippen LogP contribution in [0.4, 0.5) is 0 Å². The third-order valence-electron chi connectivity index (χ3n) is 3.21. The molecular formula is C13H30N2O. The van der Waals surface area contributed by atoms with E-state index in [1.54, 1.807) is 0 Å². The van der Waals surface area contributed by atoms with Crippen LogP contribution in [0, 0.1) is 0 Å². The molecule has 2 N–H and O–H groups in total. The maximum atomic E-state index is 6.28. The van der Waals surface area contributed by atoms with Crippen molar-refractivity contribution in [2.45, 2.75) is 72.3 Å². The lowest BCUT2D eigenvalue weighted by Crippen LogP contribution is -2.50. The van der Waals surface area contributed by atoms with Gasteiger partial charge in [-0.2, -0.15) is 0 Å². The van der Waals surface area contributed by atoms with E-state index >= 15 is 0 Å². The van der Waals surface area contributed by atoms with Crippen LogP contribution in [0.1, 0.15) is 60.3 Å². The van der Waals surface area contributed by atoms with E-state index in [0.29, 0.717) is 0 Å².